The molecule has 0 bridgehead atoms. The number of rotatable bonds is 5. The summed E-state index contributed by atoms with van der Waals surface area (Å²) in [5, 5.41) is 0. The molecule has 2 aliphatic rings. The Kier molecular flexibility index (Phi) is 6.63. The summed E-state index contributed by atoms with van der Waals surface area (Å²) in [7, 11) is 0. The van der Waals surface area contributed by atoms with Crippen LogP contribution in [0.1, 0.15) is 36.9 Å². The van der Waals surface area contributed by atoms with Gasteiger partial charge < -0.3 is 10.6 Å². The van der Waals surface area contributed by atoms with Gasteiger partial charge in [-0.05, 0) is 43.5 Å². The molecule has 2 aliphatic heterocycles. The van der Waals surface area contributed by atoms with Gasteiger partial charge in [-0.25, -0.2) is 4.98 Å². The molecule has 2 saturated heterocycles. The summed E-state index contributed by atoms with van der Waals surface area (Å²) in [5.41, 5.74) is 7.04. The summed E-state index contributed by atoms with van der Waals surface area (Å²) in [5.74, 6) is -0.243. The van der Waals surface area contributed by atoms with Gasteiger partial charge in [0, 0.05) is 25.2 Å². The van der Waals surface area contributed by atoms with Gasteiger partial charge in [-0.3, -0.25) is 23.7 Å². The Balaban J connectivity index is 1.55. The molecular weight excluding hydrogens is 494 g/mol. The summed E-state index contributed by atoms with van der Waals surface area (Å²) in [6.45, 7) is 3.01. The van der Waals surface area contributed by atoms with Crippen LogP contribution in [0.25, 0.3) is 11.7 Å². The lowest BCUT2D eigenvalue weighted by Crippen LogP contribution is -2.40. The van der Waals surface area contributed by atoms with Gasteiger partial charge in [0.05, 0.1) is 16.5 Å². The van der Waals surface area contributed by atoms with Crippen LogP contribution in [0.2, 0.25) is 0 Å². The van der Waals surface area contributed by atoms with Gasteiger partial charge in [-0.2, -0.15) is 0 Å². The molecular formula is C26H25N5O3S2. The number of pyridine rings is 1. The third-order valence-electron chi connectivity index (χ3n) is 6.71. The molecule has 2 N–H and O–H groups in total. The van der Waals surface area contributed by atoms with Gasteiger partial charge in [0.2, 0.25) is 5.91 Å². The smallest absolute Gasteiger partial charge is 0.267 e. The number of thioether (sulfide) groups is 1. The molecule has 2 amide bonds. The Hall–Kier alpha value is -3.50. The number of carbonyl (C=O) groups is 2. The summed E-state index contributed by atoms with van der Waals surface area (Å²) in [6, 6.07) is 14.8. The number of nitrogens with two attached hydrogens (primary N) is 1. The average Bonchev–Trinajstić information content (AvgIpc) is 3.18. The van der Waals surface area contributed by atoms with Gasteiger partial charge in [0.15, 0.2) is 0 Å². The Labute approximate surface area is 217 Å². The van der Waals surface area contributed by atoms with E-state index in [0.29, 0.717) is 52.2 Å². The SMILES string of the molecule is CC(c1ccccc1)N1C(=O)/C(=C/c2c(N3CCC(C(N)=O)CC3)nc3ccccn3c2=O)SC1=S. The first-order valence-corrected chi connectivity index (χ1v) is 13.0. The van der Waals surface area contributed by atoms with E-state index in [9.17, 15) is 14.4 Å². The Bertz CT molecular complexity index is 1440. The van der Waals surface area contributed by atoms with Gasteiger partial charge >= 0.3 is 0 Å². The van der Waals surface area contributed by atoms with Crippen LogP contribution in [-0.2, 0) is 9.59 Å². The number of hydrogen-bond acceptors (Lipinski definition) is 7. The lowest BCUT2D eigenvalue weighted by atomic mass is 9.96. The van der Waals surface area contributed by atoms with E-state index in [1.165, 1.54) is 16.2 Å². The van der Waals surface area contributed by atoms with Crippen LogP contribution in [0, 0.1) is 5.92 Å². The molecule has 0 aliphatic carbocycles. The number of nitrogens with zero attached hydrogens (tertiary/aromatic N) is 4. The van der Waals surface area contributed by atoms with Crippen LogP contribution in [0.5, 0.6) is 0 Å². The summed E-state index contributed by atoms with van der Waals surface area (Å²) in [6.07, 6.45) is 4.44. The Morgan fingerprint density at radius 1 is 1.14 bits per heavy atom. The first-order chi connectivity index (χ1) is 17.3. The van der Waals surface area contributed by atoms with E-state index < -0.39 is 0 Å². The van der Waals surface area contributed by atoms with Crippen molar-refractivity contribution in [2.75, 3.05) is 18.0 Å². The van der Waals surface area contributed by atoms with Gasteiger partial charge in [0.1, 0.15) is 15.8 Å². The predicted octanol–water partition coefficient (Wildman–Crippen LogP) is 3.36. The van der Waals surface area contributed by atoms with E-state index in [-0.39, 0.29) is 29.3 Å². The van der Waals surface area contributed by atoms with Crippen LogP contribution in [0.4, 0.5) is 5.82 Å². The molecule has 4 heterocycles. The molecule has 10 heteroatoms. The van der Waals surface area contributed by atoms with Crippen molar-refractivity contribution in [3.63, 3.8) is 0 Å². The van der Waals surface area contributed by atoms with Crippen molar-refractivity contribution in [3.05, 3.63) is 81.1 Å². The second kappa shape index (κ2) is 9.87. The zero-order valence-corrected chi connectivity index (χ0v) is 21.3. The van der Waals surface area contributed by atoms with Crippen molar-refractivity contribution in [1.29, 1.82) is 0 Å². The van der Waals surface area contributed by atoms with Gasteiger partial charge in [-0.15, -0.1) is 0 Å². The molecule has 2 fully saturated rings. The minimum atomic E-state index is -0.308. The standard InChI is InChI=1S/C26H25N5O3S2/c1-16(17-7-3-2-4-8-17)31-25(34)20(36-26(31)35)15-19-23(29-13-10-18(11-14-29)22(27)32)28-21-9-5-6-12-30(21)24(19)33/h2-9,12,15-16,18H,10-11,13-14H2,1H3,(H2,27,32)/b20-15-. The minimum Gasteiger partial charge on any atom is -0.369 e. The topological polar surface area (TPSA) is 101 Å². The summed E-state index contributed by atoms with van der Waals surface area (Å²) < 4.78 is 1.92. The van der Waals surface area contributed by atoms with Crippen molar-refractivity contribution >= 4 is 57.7 Å². The van der Waals surface area contributed by atoms with Crippen molar-refractivity contribution in [3.8, 4) is 0 Å². The second-order valence-electron chi connectivity index (χ2n) is 8.89. The molecule has 0 radical (unpaired) electrons. The third-order valence-corrected chi connectivity index (χ3v) is 8.04. The molecule has 1 unspecified atom stereocenters. The lowest BCUT2D eigenvalue weighted by Gasteiger charge is -2.32. The molecule has 1 atom stereocenters. The predicted molar refractivity (Wildman–Crippen MR) is 145 cm³/mol. The number of benzene rings is 1. The number of hydrogen-bond donors (Lipinski definition) is 1. The molecule has 2 aromatic heterocycles. The monoisotopic (exact) mass is 519 g/mol. The maximum atomic E-state index is 13.6. The molecule has 1 aromatic carbocycles. The highest BCUT2D eigenvalue weighted by Gasteiger charge is 2.36. The maximum absolute atomic E-state index is 13.6. The fourth-order valence-corrected chi connectivity index (χ4v) is 6.06. The lowest BCUT2D eigenvalue weighted by molar-refractivity contribution is -0.123. The number of anilines is 1. The third kappa shape index (κ3) is 4.42. The molecule has 184 valence electrons. The van der Waals surface area contributed by atoms with Crippen molar-refractivity contribution < 1.29 is 9.59 Å². The van der Waals surface area contributed by atoms with E-state index >= 15 is 0 Å². The quantitative estimate of drug-likeness (QED) is 0.407. The number of thiocarbonyl (C=S) groups is 1. The van der Waals surface area contributed by atoms with Crippen LogP contribution in [0.3, 0.4) is 0 Å². The number of fused-ring (bicyclic) bond motifs is 1. The average molecular weight is 520 g/mol. The zero-order valence-electron chi connectivity index (χ0n) is 19.7. The maximum Gasteiger partial charge on any atom is 0.267 e. The van der Waals surface area contributed by atoms with E-state index in [1.807, 2.05) is 48.2 Å². The number of carbonyl (C=O) groups excluding carboxylic acids is 2. The number of piperidine rings is 1. The second-order valence-corrected chi connectivity index (χ2v) is 10.6. The van der Waals surface area contributed by atoms with Crippen LogP contribution in [0.15, 0.2) is 64.4 Å². The molecule has 0 spiro atoms. The van der Waals surface area contributed by atoms with Crippen LogP contribution >= 0.6 is 24.0 Å². The van der Waals surface area contributed by atoms with Crippen molar-refractivity contribution in [2.45, 2.75) is 25.8 Å². The van der Waals surface area contributed by atoms with E-state index in [2.05, 4.69) is 0 Å². The highest BCUT2D eigenvalue weighted by atomic mass is 32.2. The summed E-state index contributed by atoms with van der Waals surface area (Å²) in [4.78, 5) is 47.4. The Morgan fingerprint density at radius 2 is 1.83 bits per heavy atom. The number of aromatic nitrogens is 2. The first-order valence-electron chi connectivity index (χ1n) is 11.7. The number of primary amides is 1. The minimum absolute atomic E-state index is 0.193. The van der Waals surface area contributed by atoms with E-state index in [4.69, 9.17) is 22.9 Å². The van der Waals surface area contributed by atoms with Crippen molar-refractivity contribution in [1.82, 2.24) is 14.3 Å². The van der Waals surface area contributed by atoms with Crippen molar-refractivity contribution in [2.24, 2.45) is 11.7 Å². The normalized spacial score (nSPS) is 18.9. The fraction of sp³-hybridized carbons (Fsp3) is 0.269. The van der Waals surface area contributed by atoms with E-state index in [1.54, 1.807) is 29.3 Å². The molecule has 0 saturated carbocycles. The largest absolute Gasteiger partial charge is 0.369 e. The highest BCUT2D eigenvalue weighted by Crippen LogP contribution is 2.38. The molecule has 3 aromatic rings. The first kappa shape index (κ1) is 24.2. The molecule has 8 nitrogen and oxygen atoms in total. The van der Waals surface area contributed by atoms with E-state index in [0.717, 1.165) is 5.56 Å². The fourth-order valence-electron chi connectivity index (χ4n) is 4.66. The van der Waals surface area contributed by atoms with Gasteiger partial charge in [0.25, 0.3) is 11.5 Å². The Morgan fingerprint density at radius 3 is 2.53 bits per heavy atom. The molecule has 36 heavy (non-hydrogen) atoms. The summed E-state index contributed by atoms with van der Waals surface area (Å²) >= 11 is 6.75. The highest BCUT2D eigenvalue weighted by molar-refractivity contribution is 8.26. The number of amides is 2. The van der Waals surface area contributed by atoms with Crippen LogP contribution in [-0.4, -0.2) is 43.5 Å². The molecule has 5 rings (SSSR count). The van der Waals surface area contributed by atoms with Gasteiger partial charge in [-0.1, -0.05) is 60.4 Å². The zero-order chi connectivity index (χ0) is 25.4. The van der Waals surface area contributed by atoms with Crippen LogP contribution < -0.4 is 16.2 Å².